The van der Waals surface area contributed by atoms with Crippen molar-refractivity contribution in [1.82, 2.24) is 0 Å². The summed E-state index contributed by atoms with van der Waals surface area (Å²) < 4.78 is 0. The van der Waals surface area contributed by atoms with Crippen LogP contribution in [0.5, 0.6) is 0 Å². The van der Waals surface area contributed by atoms with Crippen molar-refractivity contribution in [2.75, 3.05) is 18.4 Å². The van der Waals surface area contributed by atoms with E-state index in [1.54, 1.807) is 0 Å². The Morgan fingerprint density at radius 1 is 1.24 bits per heavy atom. The maximum Gasteiger partial charge on any atom is 0.0378 e. The molecule has 1 rings (SSSR count). The van der Waals surface area contributed by atoms with Crippen LogP contribution in [0.1, 0.15) is 39.7 Å². The number of nitrogens with one attached hydrogen (secondary N) is 1. The fourth-order valence-electron chi connectivity index (χ4n) is 1.86. The number of hydrogen-bond donors (Lipinski definition) is 2. The zero-order valence-corrected chi connectivity index (χ0v) is 11.6. The minimum atomic E-state index is 0.184. The van der Waals surface area contributed by atoms with Gasteiger partial charge in [0.1, 0.15) is 0 Å². The van der Waals surface area contributed by atoms with Gasteiger partial charge in [0.05, 0.1) is 0 Å². The first-order valence-electron chi connectivity index (χ1n) is 6.48. The second kappa shape index (κ2) is 6.06. The number of rotatable bonds is 5. The molecule has 1 aromatic rings. The van der Waals surface area contributed by atoms with Crippen molar-refractivity contribution in [2.45, 2.75) is 39.5 Å². The van der Waals surface area contributed by atoms with Crippen LogP contribution in [0, 0.1) is 5.92 Å². The third-order valence-corrected chi connectivity index (χ3v) is 3.09. The third kappa shape index (κ3) is 4.39. The van der Waals surface area contributed by atoms with Crippen LogP contribution < -0.4 is 11.1 Å². The molecule has 0 saturated carbocycles. The monoisotopic (exact) mass is 234 g/mol. The van der Waals surface area contributed by atoms with Gasteiger partial charge in [0.15, 0.2) is 0 Å². The van der Waals surface area contributed by atoms with Gasteiger partial charge in [0, 0.05) is 12.2 Å². The maximum absolute atomic E-state index is 5.62. The van der Waals surface area contributed by atoms with Crippen molar-refractivity contribution in [1.29, 1.82) is 0 Å². The van der Waals surface area contributed by atoms with E-state index in [0.29, 0.717) is 5.92 Å². The molecule has 17 heavy (non-hydrogen) atoms. The molecule has 0 heterocycles. The Hall–Kier alpha value is -1.02. The number of para-hydroxylation sites is 1. The summed E-state index contributed by atoms with van der Waals surface area (Å²) in [7, 11) is 0. The van der Waals surface area contributed by atoms with Crippen molar-refractivity contribution in [3.63, 3.8) is 0 Å². The van der Waals surface area contributed by atoms with E-state index in [2.05, 4.69) is 57.3 Å². The molecule has 0 aliphatic rings. The van der Waals surface area contributed by atoms with Crippen LogP contribution in [0.4, 0.5) is 5.69 Å². The Labute approximate surface area is 106 Å². The average Bonchev–Trinajstić information content (AvgIpc) is 2.28. The summed E-state index contributed by atoms with van der Waals surface area (Å²) in [6.07, 6.45) is 1.12. The first-order chi connectivity index (χ1) is 7.95. The highest BCUT2D eigenvalue weighted by atomic mass is 14.9. The standard InChI is InChI=1S/C15H26N2/c1-12(11-16)9-10-17-14-8-6-5-7-13(14)15(2,3)4/h5-8,12,17H,9-11,16H2,1-4H3. The van der Waals surface area contributed by atoms with Gasteiger partial charge in [-0.1, -0.05) is 45.9 Å². The molecule has 0 aliphatic heterocycles. The molecule has 1 atom stereocenters. The molecule has 1 aromatic carbocycles. The first kappa shape index (κ1) is 14.0. The SMILES string of the molecule is CC(CN)CCNc1ccccc1C(C)(C)C. The van der Waals surface area contributed by atoms with Crippen LogP contribution in [0.25, 0.3) is 0 Å². The third-order valence-electron chi connectivity index (χ3n) is 3.09. The summed E-state index contributed by atoms with van der Waals surface area (Å²) in [5, 5.41) is 3.53. The van der Waals surface area contributed by atoms with Crippen LogP contribution in [0.2, 0.25) is 0 Å². The lowest BCUT2D eigenvalue weighted by atomic mass is 9.86. The van der Waals surface area contributed by atoms with Crippen molar-refractivity contribution < 1.29 is 0 Å². The number of anilines is 1. The fraction of sp³-hybridized carbons (Fsp3) is 0.600. The second-order valence-corrected chi connectivity index (χ2v) is 5.85. The molecular weight excluding hydrogens is 208 g/mol. The van der Waals surface area contributed by atoms with E-state index in [4.69, 9.17) is 5.73 Å². The Bertz CT molecular complexity index is 339. The molecule has 2 nitrogen and oxygen atoms in total. The summed E-state index contributed by atoms with van der Waals surface area (Å²) in [4.78, 5) is 0. The smallest absolute Gasteiger partial charge is 0.0378 e. The molecule has 1 unspecified atom stereocenters. The van der Waals surface area contributed by atoms with Crippen LogP contribution >= 0.6 is 0 Å². The Balaban J connectivity index is 2.65. The van der Waals surface area contributed by atoms with Crippen LogP contribution in [-0.2, 0) is 5.41 Å². The Kier molecular flexibility index (Phi) is 5.01. The zero-order chi connectivity index (χ0) is 12.9. The van der Waals surface area contributed by atoms with Gasteiger partial charge in [0.2, 0.25) is 0 Å². The minimum absolute atomic E-state index is 0.184. The molecule has 0 saturated heterocycles. The van der Waals surface area contributed by atoms with E-state index in [1.165, 1.54) is 11.3 Å². The lowest BCUT2D eigenvalue weighted by molar-refractivity contribution is 0.559. The van der Waals surface area contributed by atoms with Gasteiger partial charge in [-0.15, -0.1) is 0 Å². The van der Waals surface area contributed by atoms with Crippen molar-refractivity contribution in [3.05, 3.63) is 29.8 Å². The summed E-state index contributed by atoms with van der Waals surface area (Å²) in [5.74, 6) is 0.587. The van der Waals surface area contributed by atoms with E-state index < -0.39 is 0 Å². The summed E-state index contributed by atoms with van der Waals surface area (Å²) in [5.41, 5.74) is 8.44. The van der Waals surface area contributed by atoms with Crippen molar-refractivity contribution in [2.24, 2.45) is 11.7 Å². The maximum atomic E-state index is 5.62. The fourth-order valence-corrected chi connectivity index (χ4v) is 1.86. The average molecular weight is 234 g/mol. The highest BCUT2D eigenvalue weighted by Gasteiger charge is 2.16. The summed E-state index contributed by atoms with van der Waals surface area (Å²) >= 11 is 0. The molecule has 0 amide bonds. The largest absolute Gasteiger partial charge is 0.385 e. The lowest BCUT2D eigenvalue weighted by Gasteiger charge is -2.23. The van der Waals surface area contributed by atoms with Gasteiger partial charge in [-0.25, -0.2) is 0 Å². The predicted octanol–water partition coefficient (Wildman–Crippen LogP) is 3.38. The Morgan fingerprint density at radius 3 is 2.47 bits per heavy atom. The van der Waals surface area contributed by atoms with Gasteiger partial charge >= 0.3 is 0 Å². The number of nitrogens with two attached hydrogens (primary N) is 1. The molecule has 96 valence electrons. The van der Waals surface area contributed by atoms with Gasteiger partial charge in [0.25, 0.3) is 0 Å². The normalized spacial score (nSPS) is 13.5. The van der Waals surface area contributed by atoms with Crippen LogP contribution in [0.15, 0.2) is 24.3 Å². The summed E-state index contributed by atoms with van der Waals surface area (Å²) in [6.45, 7) is 10.7. The minimum Gasteiger partial charge on any atom is -0.385 e. The van der Waals surface area contributed by atoms with E-state index in [0.717, 1.165) is 19.5 Å². The van der Waals surface area contributed by atoms with E-state index in [-0.39, 0.29) is 5.41 Å². The van der Waals surface area contributed by atoms with Crippen molar-refractivity contribution >= 4 is 5.69 Å². The van der Waals surface area contributed by atoms with Crippen LogP contribution in [0.3, 0.4) is 0 Å². The highest BCUT2D eigenvalue weighted by molar-refractivity contribution is 5.54. The van der Waals surface area contributed by atoms with Crippen molar-refractivity contribution in [3.8, 4) is 0 Å². The highest BCUT2D eigenvalue weighted by Crippen LogP contribution is 2.29. The van der Waals surface area contributed by atoms with Gasteiger partial charge in [-0.05, 0) is 35.9 Å². The number of benzene rings is 1. The van der Waals surface area contributed by atoms with E-state index in [1.807, 2.05) is 0 Å². The quantitative estimate of drug-likeness (QED) is 0.819. The molecular formula is C15H26N2. The molecule has 0 aromatic heterocycles. The molecule has 0 spiro atoms. The molecule has 0 bridgehead atoms. The molecule has 2 heteroatoms. The molecule has 0 fully saturated rings. The molecule has 0 radical (unpaired) electrons. The number of hydrogen-bond acceptors (Lipinski definition) is 2. The molecule has 3 N–H and O–H groups in total. The van der Waals surface area contributed by atoms with E-state index in [9.17, 15) is 0 Å². The predicted molar refractivity (Wildman–Crippen MR) is 76.5 cm³/mol. The lowest BCUT2D eigenvalue weighted by Crippen LogP contribution is -2.18. The van der Waals surface area contributed by atoms with E-state index >= 15 is 0 Å². The molecule has 0 aliphatic carbocycles. The van der Waals surface area contributed by atoms with Gasteiger partial charge in [-0.2, -0.15) is 0 Å². The van der Waals surface area contributed by atoms with Crippen LogP contribution in [-0.4, -0.2) is 13.1 Å². The topological polar surface area (TPSA) is 38.0 Å². The first-order valence-corrected chi connectivity index (χ1v) is 6.48. The second-order valence-electron chi connectivity index (χ2n) is 5.85. The Morgan fingerprint density at radius 2 is 1.88 bits per heavy atom. The zero-order valence-electron chi connectivity index (χ0n) is 11.6. The van der Waals surface area contributed by atoms with Gasteiger partial charge in [-0.3, -0.25) is 0 Å². The van der Waals surface area contributed by atoms with Gasteiger partial charge < -0.3 is 11.1 Å². The summed E-state index contributed by atoms with van der Waals surface area (Å²) in [6, 6.07) is 8.56.